The molecule has 0 heterocycles. The fourth-order valence-corrected chi connectivity index (χ4v) is 3.04. The minimum Gasteiger partial charge on any atom is -0.301 e. The maximum atomic E-state index is 12.4. The molecular weight excluding hydrogens is 223 g/mol. The first kappa shape index (κ1) is 15.6. The maximum absolute atomic E-state index is 12.4. The van der Waals surface area contributed by atoms with Crippen LogP contribution in [0.1, 0.15) is 41.5 Å². The van der Waals surface area contributed by atoms with E-state index in [1.54, 1.807) is 4.67 Å². The molecule has 0 aromatic rings. The monoisotopic (exact) mass is 246 g/mol. The first-order valence-corrected chi connectivity index (χ1v) is 7.28. The lowest BCUT2D eigenvalue weighted by atomic mass is 9.95. The van der Waals surface area contributed by atoms with Crippen LogP contribution >= 0.6 is 7.52 Å². The van der Waals surface area contributed by atoms with E-state index in [0.29, 0.717) is 13.1 Å². The third-order valence-corrected chi connectivity index (χ3v) is 5.26. The van der Waals surface area contributed by atoms with Gasteiger partial charge in [0.15, 0.2) is 5.81 Å². The standard InChI is InChI=1S/C11H23N2O2P/c1-7-13(8-2)16(14,9-12)15-11(5,6)10(3)4/h10H,7-8H2,1-6H3. The van der Waals surface area contributed by atoms with Gasteiger partial charge in [-0.15, -0.1) is 0 Å². The van der Waals surface area contributed by atoms with E-state index in [9.17, 15) is 4.57 Å². The van der Waals surface area contributed by atoms with Crippen molar-refractivity contribution in [1.82, 2.24) is 4.67 Å². The predicted molar refractivity (Wildman–Crippen MR) is 66.1 cm³/mol. The van der Waals surface area contributed by atoms with Gasteiger partial charge in [0.1, 0.15) is 0 Å². The van der Waals surface area contributed by atoms with Gasteiger partial charge in [0.05, 0.1) is 5.60 Å². The van der Waals surface area contributed by atoms with E-state index in [-0.39, 0.29) is 5.92 Å². The smallest absolute Gasteiger partial charge is 0.301 e. The lowest BCUT2D eigenvalue weighted by Crippen LogP contribution is -2.33. The van der Waals surface area contributed by atoms with Crippen LogP contribution in [0, 0.1) is 17.0 Å². The second kappa shape index (κ2) is 5.82. The van der Waals surface area contributed by atoms with Crippen molar-refractivity contribution in [3.63, 3.8) is 0 Å². The summed E-state index contributed by atoms with van der Waals surface area (Å²) in [5, 5.41) is 9.08. The van der Waals surface area contributed by atoms with Crippen LogP contribution in [0.15, 0.2) is 0 Å². The fraction of sp³-hybridized carbons (Fsp3) is 0.909. The normalized spacial score (nSPS) is 16.2. The Labute approximate surface area is 99.1 Å². The van der Waals surface area contributed by atoms with Crippen molar-refractivity contribution >= 4 is 7.52 Å². The summed E-state index contributed by atoms with van der Waals surface area (Å²) in [6, 6.07) is 0. The van der Waals surface area contributed by atoms with Crippen LogP contribution in [0.4, 0.5) is 0 Å². The van der Waals surface area contributed by atoms with Crippen molar-refractivity contribution < 1.29 is 9.09 Å². The average molecular weight is 246 g/mol. The van der Waals surface area contributed by atoms with Gasteiger partial charge in [-0.3, -0.25) is 4.57 Å². The molecular formula is C11H23N2O2P. The van der Waals surface area contributed by atoms with Gasteiger partial charge in [0.25, 0.3) is 0 Å². The van der Waals surface area contributed by atoms with Gasteiger partial charge in [-0.1, -0.05) is 27.7 Å². The molecule has 0 saturated heterocycles. The van der Waals surface area contributed by atoms with Gasteiger partial charge in [0.2, 0.25) is 0 Å². The van der Waals surface area contributed by atoms with Gasteiger partial charge in [-0.05, 0) is 19.8 Å². The Hall–Kier alpha value is -0.360. The number of rotatable bonds is 6. The van der Waals surface area contributed by atoms with Gasteiger partial charge >= 0.3 is 7.52 Å². The van der Waals surface area contributed by atoms with E-state index < -0.39 is 13.1 Å². The molecule has 5 heteroatoms. The Balaban J connectivity index is 5.02. The van der Waals surface area contributed by atoms with E-state index in [1.807, 2.05) is 47.4 Å². The minimum atomic E-state index is -3.35. The summed E-state index contributed by atoms with van der Waals surface area (Å²) in [6.07, 6.45) is 0. The molecule has 4 nitrogen and oxygen atoms in total. The fourth-order valence-electron chi connectivity index (χ4n) is 1.16. The van der Waals surface area contributed by atoms with Crippen molar-refractivity contribution in [3.05, 3.63) is 0 Å². The zero-order valence-corrected chi connectivity index (χ0v) is 12.0. The molecule has 0 saturated carbocycles. The van der Waals surface area contributed by atoms with E-state index in [4.69, 9.17) is 9.79 Å². The zero-order valence-electron chi connectivity index (χ0n) is 11.1. The van der Waals surface area contributed by atoms with Gasteiger partial charge < -0.3 is 4.52 Å². The predicted octanol–water partition coefficient (Wildman–Crippen LogP) is 3.45. The second-order valence-corrected chi connectivity index (χ2v) is 6.60. The molecule has 0 aliphatic rings. The lowest BCUT2D eigenvalue weighted by Gasteiger charge is -2.34. The van der Waals surface area contributed by atoms with Gasteiger partial charge in [-0.2, -0.15) is 5.26 Å². The Bertz CT molecular complexity index is 304. The molecule has 0 aliphatic carbocycles. The minimum absolute atomic E-state index is 0.199. The first-order chi connectivity index (χ1) is 7.23. The summed E-state index contributed by atoms with van der Waals surface area (Å²) in [5.74, 6) is 2.05. The van der Waals surface area contributed by atoms with E-state index >= 15 is 0 Å². The Morgan fingerprint density at radius 2 is 1.81 bits per heavy atom. The molecule has 1 atom stereocenters. The summed E-state index contributed by atoms with van der Waals surface area (Å²) in [5.41, 5.74) is -0.562. The molecule has 0 aliphatic heterocycles. The molecule has 94 valence electrons. The lowest BCUT2D eigenvalue weighted by molar-refractivity contribution is 0.0550. The third kappa shape index (κ3) is 3.59. The molecule has 0 spiro atoms. The van der Waals surface area contributed by atoms with Crippen LogP contribution < -0.4 is 0 Å². The molecule has 0 rings (SSSR count). The molecule has 0 bridgehead atoms. The summed E-state index contributed by atoms with van der Waals surface area (Å²) in [7, 11) is -3.35. The average Bonchev–Trinajstić information content (AvgIpc) is 2.18. The van der Waals surface area contributed by atoms with Crippen LogP contribution in [0.2, 0.25) is 0 Å². The molecule has 0 aromatic heterocycles. The molecule has 0 aromatic carbocycles. The van der Waals surface area contributed by atoms with Crippen molar-refractivity contribution in [2.24, 2.45) is 5.92 Å². The van der Waals surface area contributed by atoms with E-state index in [2.05, 4.69) is 0 Å². The molecule has 1 unspecified atom stereocenters. The molecule has 16 heavy (non-hydrogen) atoms. The van der Waals surface area contributed by atoms with Crippen molar-refractivity contribution in [2.75, 3.05) is 13.1 Å². The summed E-state index contributed by atoms with van der Waals surface area (Å²) in [4.78, 5) is 0. The third-order valence-electron chi connectivity index (χ3n) is 2.98. The molecule has 0 fully saturated rings. The number of nitriles is 1. The number of nitrogens with zero attached hydrogens (tertiary/aromatic N) is 2. The van der Waals surface area contributed by atoms with Crippen LogP contribution in [-0.2, 0) is 9.09 Å². The highest BCUT2D eigenvalue weighted by atomic mass is 31.2. The van der Waals surface area contributed by atoms with Crippen LogP contribution in [-0.4, -0.2) is 23.4 Å². The van der Waals surface area contributed by atoms with Crippen molar-refractivity contribution in [2.45, 2.75) is 47.1 Å². The summed E-state index contributed by atoms with van der Waals surface area (Å²) >= 11 is 0. The van der Waals surface area contributed by atoms with E-state index in [1.165, 1.54) is 0 Å². The molecule has 0 radical (unpaired) electrons. The van der Waals surface area contributed by atoms with Gasteiger partial charge in [-0.25, -0.2) is 4.67 Å². The Morgan fingerprint density at radius 3 is 2.06 bits per heavy atom. The van der Waals surface area contributed by atoms with E-state index in [0.717, 1.165) is 0 Å². The van der Waals surface area contributed by atoms with Crippen molar-refractivity contribution in [3.8, 4) is 5.81 Å². The number of hydrogen-bond donors (Lipinski definition) is 0. The Morgan fingerprint density at radius 1 is 1.38 bits per heavy atom. The summed E-state index contributed by atoms with van der Waals surface area (Å²) in [6.45, 7) is 12.6. The largest absolute Gasteiger partial charge is 0.371 e. The quantitative estimate of drug-likeness (QED) is 0.673. The van der Waals surface area contributed by atoms with Gasteiger partial charge in [0, 0.05) is 13.1 Å². The van der Waals surface area contributed by atoms with Crippen molar-refractivity contribution in [1.29, 1.82) is 5.26 Å². The second-order valence-electron chi connectivity index (χ2n) is 4.61. The summed E-state index contributed by atoms with van der Waals surface area (Å²) < 4.78 is 19.6. The Kier molecular flexibility index (Phi) is 5.69. The molecule has 0 amide bonds. The zero-order chi connectivity index (χ0) is 13.0. The highest BCUT2D eigenvalue weighted by Crippen LogP contribution is 2.53. The topological polar surface area (TPSA) is 53.3 Å². The highest BCUT2D eigenvalue weighted by molar-refractivity contribution is 7.61. The molecule has 0 N–H and O–H groups in total. The first-order valence-electron chi connectivity index (χ1n) is 5.71. The maximum Gasteiger partial charge on any atom is 0.371 e. The number of hydrogen-bond acceptors (Lipinski definition) is 3. The van der Waals surface area contributed by atoms with Crippen LogP contribution in [0.3, 0.4) is 0 Å². The SMILES string of the molecule is CCN(CC)P(=O)(C#N)OC(C)(C)C(C)C. The van der Waals surface area contributed by atoms with Crippen LogP contribution in [0.5, 0.6) is 0 Å². The van der Waals surface area contributed by atoms with Crippen LogP contribution in [0.25, 0.3) is 0 Å². The highest BCUT2D eigenvalue weighted by Gasteiger charge is 2.38.